The number of anilines is 1. The summed E-state index contributed by atoms with van der Waals surface area (Å²) < 4.78 is 14.6. The molecule has 2 aromatic carbocycles. The van der Waals surface area contributed by atoms with E-state index in [4.69, 9.17) is 11.6 Å². The SMILES string of the molecule is Cc1cc2ccccc2c(=O)n1CC(=O)Nc1ccc(F)c(Cl)c1. The van der Waals surface area contributed by atoms with Crippen molar-refractivity contribution in [3.05, 3.63) is 75.4 Å². The molecule has 6 heteroatoms. The van der Waals surface area contributed by atoms with Gasteiger partial charge in [-0.15, -0.1) is 0 Å². The van der Waals surface area contributed by atoms with Crippen LogP contribution in [0.15, 0.2) is 53.3 Å². The van der Waals surface area contributed by atoms with Crippen LogP contribution in [0.2, 0.25) is 5.02 Å². The van der Waals surface area contributed by atoms with Crippen LogP contribution in [-0.2, 0) is 11.3 Å². The molecule has 24 heavy (non-hydrogen) atoms. The summed E-state index contributed by atoms with van der Waals surface area (Å²) >= 11 is 5.69. The molecule has 1 amide bonds. The fourth-order valence-corrected chi connectivity index (χ4v) is 2.72. The molecule has 3 aromatic rings. The van der Waals surface area contributed by atoms with E-state index < -0.39 is 11.7 Å². The standard InChI is InChI=1S/C18H14ClFN2O2/c1-11-8-12-4-2-3-5-14(12)18(24)22(11)10-17(23)21-13-6-7-16(20)15(19)9-13/h2-9H,10H2,1H3,(H,21,23). The number of fused-ring (bicyclic) bond motifs is 1. The quantitative estimate of drug-likeness (QED) is 0.787. The second-order valence-electron chi connectivity index (χ2n) is 5.44. The van der Waals surface area contributed by atoms with E-state index in [1.807, 2.05) is 18.2 Å². The lowest BCUT2D eigenvalue weighted by atomic mass is 10.1. The molecule has 0 saturated carbocycles. The molecule has 3 rings (SSSR count). The van der Waals surface area contributed by atoms with Gasteiger partial charge >= 0.3 is 0 Å². The van der Waals surface area contributed by atoms with E-state index in [-0.39, 0.29) is 17.1 Å². The van der Waals surface area contributed by atoms with Crippen molar-refractivity contribution in [2.45, 2.75) is 13.5 Å². The minimum atomic E-state index is -0.559. The maximum Gasteiger partial charge on any atom is 0.259 e. The van der Waals surface area contributed by atoms with Crippen LogP contribution in [0.1, 0.15) is 5.69 Å². The van der Waals surface area contributed by atoms with Gasteiger partial charge in [-0.05, 0) is 42.6 Å². The first-order valence-electron chi connectivity index (χ1n) is 7.30. The van der Waals surface area contributed by atoms with Crippen LogP contribution in [0.25, 0.3) is 10.8 Å². The largest absolute Gasteiger partial charge is 0.324 e. The third-order valence-electron chi connectivity index (χ3n) is 3.73. The minimum Gasteiger partial charge on any atom is -0.324 e. The average molecular weight is 345 g/mol. The smallest absolute Gasteiger partial charge is 0.259 e. The number of benzene rings is 2. The Morgan fingerprint density at radius 2 is 1.96 bits per heavy atom. The van der Waals surface area contributed by atoms with E-state index in [1.54, 1.807) is 19.1 Å². The van der Waals surface area contributed by atoms with Crippen LogP contribution >= 0.6 is 11.6 Å². The molecule has 0 unspecified atom stereocenters. The van der Waals surface area contributed by atoms with Gasteiger partial charge in [0, 0.05) is 16.8 Å². The number of aryl methyl sites for hydroxylation is 1. The molecule has 0 spiro atoms. The summed E-state index contributed by atoms with van der Waals surface area (Å²) in [6, 6.07) is 13.0. The van der Waals surface area contributed by atoms with Gasteiger partial charge < -0.3 is 9.88 Å². The molecular weight excluding hydrogens is 331 g/mol. The van der Waals surface area contributed by atoms with Crippen molar-refractivity contribution in [1.82, 2.24) is 4.57 Å². The lowest BCUT2D eigenvalue weighted by molar-refractivity contribution is -0.116. The van der Waals surface area contributed by atoms with Crippen LogP contribution in [0.3, 0.4) is 0 Å². The third-order valence-corrected chi connectivity index (χ3v) is 4.02. The highest BCUT2D eigenvalue weighted by Gasteiger charge is 2.11. The number of aromatic nitrogens is 1. The summed E-state index contributed by atoms with van der Waals surface area (Å²) in [6.45, 7) is 1.64. The van der Waals surface area contributed by atoms with Gasteiger partial charge in [-0.2, -0.15) is 0 Å². The highest BCUT2D eigenvalue weighted by molar-refractivity contribution is 6.31. The van der Waals surface area contributed by atoms with Gasteiger partial charge in [0.1, 0.15) is 12.4 Å². The normalized spacial score (nSPS) is 10.8. The van der Waals surface area contributed by atoms with Crippen molar-refractivity contribution in [2.75, 3.05) is 5.32 Å². The zero-order valence-corrected chi connectivity index (χ0v) is 13.6. The van der Waals surface area contributed by atoms with Gasteiger partial charge in [-0.3, -0.25) is 9.59 Å². The second-order valence-corrected chi connectivity index (χ2v) is 5.85. The molecule has 0 atom stereocenters. The van der Waals surface area contributed by atoms with Crippen LogP contribution in [0, 0.1) is 12.7 Å². The zero-order chi connectivity index (χ0) is 17.3. The number of amides is 1. The molecule has 0 bridgehead atoms. The molecule has 1 heterocycles. The molecule has 0 radical (unpaired) electrons. The minimum absolute atomic E-state index is 0.0770. The van der Waals surface area contributed by atoms with Gasteiger partial charge in [0.2, 0.25) is 5.91 Å². The fourth-order valence-electron chi connectivity index (χ4n) is 2.54. The summed E-state index contributed by atoms with van der Waals surface area (Å²) in [6.07, 6.45) is 0. The average Bonchev–Trinajstić information content (AvgIpc) is 2.55. The Bertz CT molecular complexity index is 998. The number of carbonyl (C=O) groups excluding carboxylic acids is 1. The van der Waals surface area contributed by atoms with Crippen LogP contribution in [-0.4, -0.2) is 10.5 Å². The van der Waals surface area contributed by atoms with Crippen LogP contribution < -0.4 is 10.9 Å². The summed E-state index contributed by atoms with van der Waals surface area (Å²) in [5, 5.41) is 3.93. The Balaban J connectivity index is 1.87. The molecule has 0 aliphatic carbocycles. The Labute approximate surface area is 142 Å². The predicted octanol–water partition coefficient (Wildman–Crippen LogP) is 3.74. The van der Waals surface area contributed by atoms with E-state index in [9.17, 15) is 14.0 Å². The highest BCUT2D eigenvalue weighted by atomic mass is 35.5. The Kier molecular flexibility index (Phi) is 4.36. The van der Waals surface area contributed by atoms with Gasteiger partial charge in [0.15, 0.2) is 0 Å². The molecule has 0 saturated heterocycles. The summed E-state index contributed by atoms with van der Waals surface area (Å²) in [5.74, 6) is -0.950. The van der Waals surface area contributed by atoms with Gasteiger partial charge in [0.25, 0.3) is 5.56 Å². The van der Waals surface area contributed by atoms with Crippen LogP contribution in [0.5, 0.6) is 0 Å². The van der Waals surface area contributed by atoms with E-state index >= 15 is 0 Å². The number of halogens is 2. The first kappa shape index (κ1) is 16.2. The lowest BCUT2D eigenvalue weighted by Gasteiger charge is -2.12. The number of carbonyl (C=O) groups is 1. The van der Waals surface area contributed by atoms with Crippen molar-refractivity contribution in [3.8, 4) is 0 Å². The molecular formula is C18H14ClFN2O2. The zero-order valence-electron chi connectivity index (χ0n) is 12.8. The Morgan fingerprint density at radius 1 is 1.21 bits per heavy atom. The number of nitrogens with one attached hydrogen (secondary N) is 1. The molecule has 122 valence electrons. The fraction of sp³-hybridized carbons (Fsp3) is 0.111. The highest BCUT2D eigenvalue weighted by Crippen LogP contribution is 2.19. The van der Waals surface area contributed by atoms with E-state index in [2.05, 4.69) is 5.32 Å². The molecule has 4 nitrogen and oxygen atoms in total. The first-order chi connectivity index (χ1) is 11.5. The molecule has 1 aromatic heterocycles. The van der Waals surface area contributed by atoms with Crippen LogP contribution in [0.4, 0.5) is 10.1 Å². The monoisotopic (exact) mass is 344 g/mol. The molecule has 0 fully saturated rings. The number of hydrogen-bond donors (Lipinski definition) is 1. The maximum absolute atomic E-state index is 13.1. The number of hydrogen-bond acceptors (Lipinski definition) is 2. The van der Waals surface area contributed by atoms with Crippen molar-refractivity contribution in [1.29, 1.82) is 0 Å². The topological polar surface area (TPSA) is 51.1 Å². The van der Waals surface area contributed by atoms with E-state index in [0.717, 1.165) is 5.39 Å². The lowest BCUT2D eigenvalue weighted by Crippen LogP contribution is -2.29. The van der Waals surface area contributed by atoms with Gasteiger partial charge in [-0.25, -0.2) is 4.39 Å². The predicted molar refractivity (Wildman–Crippen MR) is 93.0 cm³/mol. The number of pyridine rings is 1. The molecule has 0 aliphatic heterocycles. The van der Waals surface area contributed by atoms with Crippen molar-refractivity contribution < 1.29 is 9.18 Å². The number of rotatable bonds is 3. The van der Waals surface area contributed by atoms with Gasteiger partial charge in [0.05, 0.1) is 5.02 Å². The van der Waals surface area contributed by atoms with Crippen molar-refractivity contribution in [3.63, 3.8) is 0 Å². The van der Waals surface area contributed by atoms with Crippen molar-refractivity contribution >= 4 is 34.0 Å². The third kappa shape index (κ3) is 3.16. The summed E-state index contributed by atoms with van der Waals surface area (Å²) in [5.41, 5.74) is 0.835. The first-order valence-corrected chi connectivity index (χ1v) is 7.67. The van der Waals surface area contributed by atoms with Gasteiger partial charge in [-0.1, -0.05) is 29.8 Å². The van der Waals surface area contributed by atoms with E-state index in [0.29, 0.717) is 16.8 Å². The Hall–Kier alpha value is -2.66. The molecule has 0 aliphatic rings. The Morgan fingerprint density at radius 3 is 2.71 bits per heavy atom. The van der Waals surface area contributed by atoms with Crippen molar-refractivity contribution in [2.24, 2.45) is 0 Å². The molecule has 1 N–H and O–H groups in total. The second kappa shape index (κ2) is 6.45. The van der Waals surface area contributed by atoms with E-state index in [1.165, 1.54) is 22.8 Å². The summed E-state index contributed by atoms with van der Waals surface area (Å²) in [7, 11) is 0. The summed E-state index contributed by atoms with van der Waals surface area (Å²) in [4.78, 5) is 24.8. The number of nitrogens with zero attached hydrogens (tertiary/aromatic N) is 1. The maximum atomic E-state index is 13.1.